The zero-order valence-electron chi connectivity index (χ0n) is 16.3. The fourth-order valence-corrected chi connectivity index (χ4v) is 3.41. The predicted molar refractivity (Wildman–Crippen MR) is 122 cm³/mol. The monoisotopic (exact) mass is 501 g/mol. The van der Waals surface area contributed by atoms with Crippen molar-refractivity contribution in [2.24, 2.45) is 4.99 Å². The lowest BCUT2D eigenvalue weighted by atomic mass is 10.1. The average molecular weight is 501 g/mol. The molecule has 2 heterocycles. The second-order valence-electron chi connectivity index (χ2n) is 6.78. The van der Waals surface area contributed by atoms with Crippen molar-refractivity contribution in [2.75, 3.05) is 32.7 Å². The van der Waals surface area contributed by atoms with E-state index < -0.39 is 0 Å². The van der Waals surface area contributed by atoms with Crippen LogP contribution in [0.15, 0.2) is 29.4 Å². The van der Waals surface area contributed by atoms with Crippen molar-refractivity contribution >= 4 is 46.7 Å². The van der Waals surface area contributed by atoms with Crippen molar-refractivity contribution in [2.45, 2.75) is 32.6 Å². The van der Waals surface area contributed by atoms with Crippen LogP contribution in [0.25, 0.3) is 10.9 Å². The zero-order chi connectivity index (χ0) is 19.1. The van der Waals surface area contributed by atoms with Gasteiger partial charge in [0.1, 0.15) is 5.82 Å². The molecule has 3 N–H and O–H groups in total. The highest BCUT2D eigenvalue weighted by Gasteiger charge is 2.18. The maximum Gasteiger partial charge on any atom is 0.222 e. The van der Waals surface area contributed by atoms with Crippen molar-refractivity contribution < 1.29 is 9.18 Å². The van der Waals surface area contributed by atoms with Crippen molar-refractivity contribution in [3.63, 3.8) is 0 Å². The Bertz CT molecular complexity index is 807. The van der Waals surface area contributed by atoms with E-state index in [1.54, 1.807) is 12.1 Å². The molecule has 1 aromatic carbocycles. The van der Waals surface area contributed by atoms with Crippen molar-refractivity contribution in [3.05, 3.63) is 35.8 Å². The molecule has 6 nitrogen and oxygen atoms in total. The first-order chi connectivity index (χ1) is 13.2. The first-order valence-corrected chi connectivity index (χ1v) is 9.73. The fourth-order valence-electron chi connectivity index (χ4n) is 3.41. The molecule has 0 atom stereocenters. The number of H-pyrrole nitrogens is 1. The van der Waals surface area contributed by atoms with Crippen LogP contribution in [0, 0.1) is 5.82 Å². The molecule has 0 spiro atoms. The van der Waals surface area contributed by atoms with Crippen molar-refractivity contribution in [1.29, 1.82) is 0 Å². The topological polar surface area (TPSA) is 72.5 Å². The van der Waals surface area contributed by atoms with E-state index in [2.05, 4.69) is 20.6 Å². The number of aromatic amines is 1. The summed E-state index contributed by atoms with van der Waals surface area (Å²) < 4.78 is 13.5. The van der Waals surface area contributed by atoms with E-state index in [0.29, 0.717) is 19.5 Å². The van der Waals surface area contributed by atoms with Gasteiger partial charge in [-0.15, -0.1) is 24.0 Å². The highest BCUT2D eigenvalue weighted by Crippen LogP contribution is 2.19. The summed E-state index contributed by atoms with van der Waals surface area (Å²) in [7, 11) is 0. The van der Waals surface area contributed by atoms with Gasteiger partial charge in [-0.2, -0.15) is 0 Å². The number of rotatable bonds is 8. The van der Waals surface area contributed by atoms with Gasteiger partial charge in [-0.05, 0) is 49.9 Å². The van der Waals surface area contributed by atoms with E-state index in [1.165, 1.54) is 6.07 Å². The number of hydrogen-bond acceptors (Lipinski definition) is 2. The second-order valence-corrected chi connectivity index (χ2v) is 6.78. The number of nitrogens with one attached hydrogen (secondary N) is 3. The number of aliphatic imine (C=N–C) groups is 1. The Labute approximate surface area is 182 Å². The Morgan fingerprint density at radius 3 is 2.96 bits per heavy atom. The number of nitrogens with zero attached hydrogens (tertiary/aromatic N) is 2. The van der Waals surface area contributed by atoms with Gasteiger partial charge in [-0.25, -0.2) is 4.39 Å². The van der Waals surface area contributed by atoms with Crippen LogP contribution in [0.3, 0.4) is 0 Å². The summed E-state index contributed by atoms with van der Waals surface area (Å²) in [5.41, 5.74) is 2.03. The molecule has 1 saturated heterocycles. The lowest BCUT2D eigenvalue weighted by molar-refractivity contribution is -0.127. The van der Waals surface area contributed by atoms with Crippen LogP contribution in [0.4, 0.5) is 4.39 Å². The van der Waals surface area contributed by atoms with E-state index in [9.17, 15) is 9.18 Å². The Balaban J connectivity index is 0.00000280. The number of carbonyl (C=O) groups excluding carboxylic acids is 1. The minimum Gasteiger partial charge on any atom is -0.361 e. The van der Waals surface area contributed by atoms with Gasteiger partial charge in [0.2, 0.25) is 5.91 Å². The summed E-state index contributed by atoms with van der Waals surface area (Å²) in [6.45, 7) is 5.86. The van der Waals surface area contributed by atoms with Crippen LogP contribution in [-0.2, 0) is 11.2 Å². The highest BCUT2D eigenvalue weighted by molar-refractivity contribution is 14.0. The molecule has 28 heavy (non-hydrogen) atoms. The summed E-state index contributed by atoms with van der Waals surface area (Å²) in [5.74, 6) is 0.818. The minimum absolute atomic E-state index is 0. The van der Waals surface area contributed by atoms with E-state index in [-0.39, 0.29) is 35.7 Å². The average Bonchev–Trinajstić information content (AvgIpc) is 3.24. The van der Waals surface area contributed by atoms with E-state index in [1.807, 2.05) is 18.0 Å². The van der Waals surface area contributed by atoms with Crippen LogP contribution in [-0.4, -0.2) is 54.5 Å². The lowest BCUT2D eigenvalue weighted by Crippen LogP contribution is -2.38. The van der Waals surface area contributed by atoms with E-state index in [4.69, 9.17) is 0 Å². The summed E-state index contributed by atoms with van der Waals surface area (Å²) in [6.07, 6.45) is 5.23. The van der Waals surface area contributed by atoms with Gasteiger partial charge < -0.3 is 20.5 Å². The summed E-state index contributed by atoms with van der Waals surface area (Å²) in [6, 6.07) is 4.80. The first-order valence-electron chi connectivity index (χ1n) is 9.73. The van der Waals surface area contributed by atoms with Crippen LogP contribution in [0.5, 0.6) is 0 Å². The molecule has 0 bridgehead atoms. The number of guanidine groups is 1. The van der Waals surface area contributed by atoms with E-state index in [0.717, 1.165) is 61.3 Å². The Kier molecular flexibility index (Phi) is 9.01. The molecule has 0 unspecified atom stereocenters. The van der Waals surface area contributed by atoms with Gasteiger partial charge in [0.25, 0.3) is 0 Å². The van der Waals surface area contributed by atoms with Gasteiger partial charge in [0.05, 0.1) is 0 Å². The smallest absolute Gasteiger partial charge is 0.222 e. The molecule has 0 aliphatic carbocycles. The van der Waals surface area contributed by atoms with E-state index >= 15 is 0 Å². The summed E-state index contributed by atoms with van der Waals surface area (Å²) in [4.78, 5) is 21.3. The van der Waals surface area contributed by atoms with Crippen LogP contribution in [0.1, 0.15) is 31.7 Å². The number of aromatic nitrogens is 1. The third-order valence-corrected chi connectivity index (χ3v) is 4.79. The molecule has 154 valence electrons. The largest absolute Gasteiger partial charge is 0.361 e. The Morgan fingerprint density at radius 2 is 2.21 bits per heavy atom. The Hall–Kier alpha value is -1.84. The standard InChI is InChI=1S/C20H28FN5O.HI/c1-2-22-20(23-9-4-12-26-11-3-5-19(26)27)24-10-8-15-14-25-18-7-6-16(21)13-17(15)18;/h6-7,13-14,25H,2-5,8-12H2,1H3,(H2,22,23,24);1H. The number of likely N-dealkylation sites (tertiary alicyclic amines) is 1. The fraction of sp³-hybridized carbons (Fsp3) is 0.500. The summed E-state index contributed by atoms with van der Waals surface area (Å²) in [5, 5.41) is 7.49. The molecule has 2 aromatic rings. The van der Waals surface area contributed by atoms with Crippen LogP contribution in [0.2, 0.25) is 0 Å². The molecule has 1 amide bonds. The molecule has 1 aliphatic heterocycles. The van der Waals surface area contributed by atoms with Crippen LogP contribution >= 0.6 is 24.0 Å². The molecule has 1 fully saturated rings. The quantitative estimate of drug-likeness (QED) is 0.226. The normalized spacial score (nSPS) is 14.4. The third-order valence-electron chi connectivity index (χ3n) is 4.79. The van der Waals surface area contributed by atoms with Gasteiger partial charge >= 0.3 is 0 Å². The number of halogens is 2. The second kappa shape index (κ2) is 11.2. The molecule has 0 radical (unpaired) electrons. The van der Waals surface area contributed by atoms with Gasteiger partial charge in [0, 0.05) is 56.2 Å². The zero-order valence-corrected chi connectivity index (χ0v) is 18.6. The molecular formula is C20H29FIN5O. The molecular weight excluding hydrogens is 472 g/mol. The number of hydrogen-bond donors (Lipinski definition) is 3. The number of fused-ring (bicyclic) bond motifs is 1. The van der Waals surface area contributed by atoms with Crippen molar-refractivity contribution in [1.82, 2.24) is 20.5 Å². The Morgan fingerprint density at radius 1 is 1.36 bits per heavy atom. The third kappa shape index (κ3) is 6.08. The molecule has 1 aliphatic rings. The highest BCUT2D eigenvalue weighted by atomic mass is 127. The first kappa shape index (κ1) is 22.4. The predicted octanol–water partition coefficient (Wildman–Crippen LogP) is 3.04. The summed E-state index contributed by atoms with van der Waals surface area (Å²) >= 11 is 0. The molecule has 0 saturated carbocycles. The molecule has 8 heteroatoms. The van der Waals surface area contributed by atoms with Crippen molar-refractivity contribution in [3.8, 4) is 0 Å². The number of amides is 1. The van der Waals surface area contributed by atoms with Gasteiger partial charge in [-0.1, -0.05) is 0 Å². The molecule has 1 aromatic heterocycles. The van der Waals surface area contributed by atoms with Gasteiger partial charge in [0.15, 0.2) is 5.96 Å². The maximum absolute atomic E-state index is 13.5. The SMILES string of the molecule is CCNC(=NCCCN1CCCC1=O)NCCc1c[nH]c2ccc(F)cc12.I. The minimum atomic E-state index is -0.220. The lowest BCUT2D eigenvalue weighted by Gasteiger charge is -2.15. The van der Waals surface area contributed by atoms with Crippen LogP contribution < -0.4 is 10.6 Å². The van der Waals surface area contributed by atoms with Gasteiger partial charge in [-0.3, -0.25) is 9.79 Å². The number of carbonyl (C=O) groups is 1. The molecule has 3 rings (SSSR count). The maximum atomic E-state index is 13.5. The number of benzene rings is 1.